The SMILES string of the molecule is CSc1cc(C)[nH]c(=O)c1CNC(=O)c1cc(Cl)c2c(c1C)OC(C)(C1CCN(C(=O)c3csc(C)n3)CC1)O2. The van der Waals surface area contributed by atoms with Gasteiger partial charge in [0, 0.05) is 65.1 Å². The van der Waals surface area contributed by atoms with Crippen molar-refractivity contribution in [2.24, 2.45) is 5.92 Å². The molecule has 0 radical (unpaired) electrons. The summed E-state index contributed by atoms with van der Waals surface area (Å²) in [5, 5.41) is 5.79. The Morgan fingerprint density at radius 2 is 1.93 bits per heavy atom. The summed E-state index contributed by atoms with van der Waals surface area (Å²) in [4.78, 5) is 48.3. The number of thiazole rings is 1. The molecule has 4 heterocycles. The third kappa shape index (κ3) is 5.34. The maximum atomic E-state index is 13.2. The molecule has 0 bridgehead atoms. The number of aromatic nitrogens is 2. The van der Waals surface area contributed by atoms with E-state index in [-0.39, 0.29) is 34.9 Å². The zero-order valence-electron chi connectivity index (χ0n) is 23.0. The van der Waals surface area contributed by atoms with Crippen molar-refractivity contribution in [3.8, 4) is 11.5 Å². The summed E-state index contributed by atoms with van der Waals surface area (Å²) in [6.07, 6.45) is 3.26. The molecular weight excluding hydrogens is 572 g/mol. The Morgan fingerprint density at radius 1 is 1.23 bits per heavy atom. The molecule has 2 aliphatic heterocycles. The molecule has 2 N–H and O–H groups in total. The van der Waals surface area contributed by atoms with Crippen molar-refractivity contribution in [1.82, 2.24) is 20.2 Å². The van der Waals surface area contributed by atoms with E-state index in [9.17, 15) is 14.4 Å². The highest BCUT2D eigenvalue weighted by atomic mass is 35.5. The first-order valence-electron chi connectivity index (χ1n) is 13.0. The molecule has 0 aliphatic carbocycles. The first-order chi connectivity index (χ1) is 19.0. The minimum absolute atomic E-state index is 0.00657. The Morgan fingerprint density at radius 3 is 2.58 bits per heavy atom. The van der Waals surface area contributed by atoms with Crippen LogP contribution in [0.4, 0.5) is 0 Å². The number of carbonyl (C=O) groups excluding carboxylic acids is 2. The van der Waals surface area contributed by atoms with Crippen LogP contribution >= 0.6 is 34.7 Å². The molecule has 3 aromatic rings. The molecule has 212 valence electrons. The maximum absolute atomic E-state index is 13.2. The summed E-state index contributed by atoms with van der Waals surface area (Å²) in [6, 6.07) is 3.46. The molecule has 1 aromatic carbocycles. The molecule has 1 fully saturated rings. The lowest BCUT2D eigenvalue weighted by atomic mass is 9.89. The number of amides is 2. The molecule has 0 saturated carbocycles. The Hall–Kier alpha value is -3.02. The van der Waals surface area contributed by atoms with Gasteiger partial charge in [0.25, 0.3) is 23.2 Å². The smallest absolute Gasteiger partial charge is 0.273 e. The average Bonchev–Trinajstić information content (AvgIpc) is 3.53. The van der Waals surface area contributed by atoms with Crippen molar-refractivity contribution in [1.29, 1.82) is 0 Å². The van der Waals surface area contributed by atoms with Crippen molar-refractivity contribution in [3.63, 3.8) is 0 Å². The number of piperidine rings is 1. The van der Waals surface area contributed by atoms with Crippen LogP contribution in [-0.4, -0.2) is 51.8 Å². The standard InChI is InChI=1S/C28H31ClN4O5S2/c1-14-10-22(39-5)19(26(35)31-14)12-30-25(34)18-11-20(29)24-23(15(18)2)37-28(4,38-24)17-6-8-33(9-7-17)27(36)21-13-40-16(3)32-21/h10-11,13,17H,6-9,12H2,1-5H3,(H,30,34)(H,31,35). The van der Waals surface area contributed by atoms with E-state index in [0.717, 1.165) is 15.6 Å². The Labute approximate surface area is 245 Å². The number of rotatable bonds is 6. The second-order valence-electron chi connectivity index (χ2n) is 10.2. The van der Waals surface area contributed by atoms with Gasteiger partial charge >= 0.3 is 0 Å². The highest BCUT2D eigenvalue weighted by Crippen LogP contribution is 2.51. The van der Waals surface area contributed by atoms with Crippen LogP contribution < -0.4 is 20.3 Å². The number of H-pyrrole nitrogens is 1. The number of hydrogen-bond donors (Lipinski definition) is 2. The Balaban J connectivity index is 1.28. The van der Waals surface area contributed by atoms with E-state index in [4.69, 9.17) is 21.1 Å². The van der Waals surface area contributed by atoms with Crippen LogP contribution in [0, 0.1) is 26.7 Å². The van der Waals surface area contributed by atoms with E-state index in [1.807, 2.05) is 38.0 Å². The lowest BCUT2D eigenvalue weighted by Gasteiger charge is -2.38. The second-order valence-corrected chi connectivity index (χ2v) is 12.6. The fourth-order valence-electron chi connectivity index (χ4n) is 5.28. The van der Waals surface area contributed by atoms with E-state index in [1.165, 1.54) is 23.1 Å². The molecule has 2 aromatic heterocycles. The quantitative estimate of drug-likeness (QED) is 0.377. The summed E-state index contributed by atoms with van der Waals surface area (Å²) >= 11 is 9.52. The summed E-state index contributed by atoms with van der Waals surface area (Å²) in [7, 11) is 0. The number of ether oxygens (including phenoxy) is 2. The number of pyridine rings is 1. The maximum Gasteiger partial charge on any atom is 0.273 e. The molecule has 40 heavy (non-hydrogen) atoms. The number of fused-ring (bicyclic) bond motifs is 1. The second kappa shape index (κ2) is 11.1. The van der Waals surface area contributed by atoms with E-state index < -0.39 is 5.79 Å². The summed E-state index contributed by atoms with van der Waals surface area (Å²) in [6.45, 7) is 8.58. The number of thioether (sulfide) groups is 1. The van der Waals surface area contributed by atoms with Crippen molar-refractivity contribution < 1.29 is 19.1 Å². The number of likely N-dealkylation sites (tertiary alicyclic amines) is 1. The third-order valence-corrected chi connectivity index (χ3v) is 9.39. The zero-order valence-corrected chi connectivity index (χ0v) is 25.4. The van der Waals surface area contributed by atoms with Gasteiger partial charge in [-0.05, 0) is 52.0 Å². The first kappa shape index (κ1) is 28.5. The Kier molecular flexibility index (Phi) is 7.91. The summed E-state index contributed by atoms with van der Waals surface area (Å²) < 4.78 is 12.7. The van der Waals surface area contributed by atoms with Gasteiger partial charge in [0.15, 0.2) is 11.5 Å². The van der Waals surface area contributed by atoms with Gasteiger partial charge in [-0.2, -0.15) is 0 Å². The molecule has 2 amide bonds. The third-order valence-electron chi connectivity index (χ3n) is 7.53. The zero-order chi connectivity index (χ0) is 28.8. The normalized spacial score (nSPS) is 18.7. The topological polar surface area (TPSA) is 114 Å². The van der Waals surface area contributed by atoms with Gasteiger partial charge in [-0.15, -0.1) is 23.1 Å². The highest BCUT2D eigenvalue weighted by molar-refractivity contribution is 7.98. The van der Waals surface area contributed by atoms with Crippen LogP contribution in [0.1, 0.15) is 62.4 Å². The van der Waals surface area contributed by atoms with E-state index in [2.05, 4.69) is 15.3 Å². The van der Waals surface area contributed by atoms with Gasteiger partial charge in [0.05, 0.1) is 10.0 Å². The fourth-order valence-corrected chi connectivity index (χ4v) is 6.80. The van der Waals surface area contributed by atoms with Crippen LogP contribution in [-0.2, 0) is 6.54 Å². The number of carbonyl (C=O) groups is 2. The predicted molar refractivity (Wildman–Crippen MR) is 156 cm³/mol. The number of aryl methyl sites for hydroxylation is 2. The van der Waals surface area contributed by atoms with Gasteiger partial charge < -0.3 is 24.7 Å². The van der Waals surface area contributed by atoms with Crippen molar-refractivity contribution >= 4 is 46.5 Å². The fraction of sp³-hybridized carbons (Fsp3) is 0.429. The number of halogens is 1. The molecule has 9 nitrogen and oxygen atoms in total. The molecule has 0 spiro atoms. The molecular formula is C28H31ClN4O5S2. The number of nitrogens with zero attached hydrogens (tertiary/aromatic N) is 2. The van der Waals surface area contributed by atoms with Gasteiger partial charge in [0.2, 0.25) is 0 Å². The minimum Gasteiger partial charge on any atom is -0.448 e. The molecule has 1 unspecified atom stereocenters. The van der Waals surface area contributed by atoms with Crippen LogP contribution in [0.3, 0.4) is 0 Å². The van der Waals surface area contributed by atoms with E-state index in [0.29, 0.717) is 59.8 Å². The lowest BCUT2D eigenvalue weighted by Crippen LogP contribution is -2.49. The largest absolute Gasteiger partial charge is 0.448 e. The molecule has 2 aliphatic rings. The highest BCUT2D eigenvalue weighted by Gasteiger charge is 2.47. The number of aromatic amines is 1. The van der Waals surface area contributed by atoms with E-state index in [1.54, 1.807) is 18.4 Å². The average molecular weight is 603 g/mol. The number of hydrogen-bond acceptors (Lipinski definition) is 8. The van der Waals surface area contributed by atoms with Gasteiger partial charge in [-0.1, -0.05) is 11.6 Å². The van der Waals surface area contributed by atoms with Crippen LogP contribution in [0.2, 0.25) is 5.02 Å². The molecule has 1 saturated heterocycles. The summed E-state index contributed by atoms with van der Waals surface area (Å²) in [5.74, 6) is -0.552. The van der Waals surface area contributed by atoms with Crippen molar-refractivity contribution in [3.05, 3.63) is 66.0 Å². The van der Waals surface area contributed by atoms with Crippen molar-refractivity contribution in [2.75, 3.05) is 19.3 Å². The molecule has 5 rings (SSSR count). The van der Waals surface area contributed by atoms with Crippen molar-refractivity contribution in [2.45, 2.75) is 57.8 Å². The Bertz CT molecular complexity index is 1550. The van der Waals surface area contributed by atoms with E-state index >= 15 is 0 Å². The number of nitrogens with one attached hydrogen (secondary N) is 2. The minimum atomic E-state index is -0.985. The first-order valence-corrected chi connectivity index (χ1v) is 15.5. The monoisotopic (exact) mass is 602 g/mol. The van der Waals surface area contributed by atoms with Crippen LogP contribution in [0.25, 0.3) is 0 Å². The van der Waals surface area contributed by atoms with Gasteiger partial charge in [-0.3, -0.25) is 14.4 Å². The molecule has 12 heteroatoms. The number of benzene rings is 1. The molecule has 1 atom stereocenters. The van der Waals surface area contributed by atoms with Gasteiger partial charge in [0.1, 0.15) is 5.69 Å². The summed E-state index contributed by atoms with van der Waals surface area (Å²) in [5.41, 5.74) is 2.48. The van der Waals surface area contributed by atoms with Crippen LogP contribution in [0.5, 0.6) is 11.5 Å². The van der Waals surface area contributed by atoms with Crippen LogP contribution in [0.15, 0.2) is 27.2 Å². The van der Waals surface area contributed by atoms with Gasteiger partial charge in [-0.25, -0.2) is 4.98 Å². The predicted octanol–water partition coefficient (Wildman–Crippen LogP) is 5.10. The lowest BCUT2D eigenvalue weighted by molar-refractivity contribution is -0.123.